The molecular formula is C22H26INO2. The molecule has 1 aliphatic heterocycles. The van der Waals surface area contributed by atoms with Gasteiger partial charge in [-0.05, 0) is 61.6 Å². The van der Waals surface area contributed by atoms with Gasteiger partial charge in [-0.3, -0.25) is 4.99 Å². The summed E-state index contributed by atoms with van der Waals surface area (Å²) in [6, 6.07) is 2.16. The molecule has 3 atom stereocenters. The number of dihydropyridines is 1. The molecule has 1 aromatic carbocycles. The lowest BCUT2D eigenvalue weighted by Crippen LogP contribution is -2.22. The molecule has 1 heterocycles. The Morgan fingerprint density at radius 2 is 2.00 bits per heavy atom. The second-order valence-electron chi connectivity index (χ2n) is 7.06. The lowest BCUT2D eigenvalue weighted by atomic mass is 9.93. The van der Waals surface area contributed by atoms with Crippen molar-refractivity contribution in [1.82, 2.24) is 0 Å². The van der Waals surface area contributed by atoms with Crippen LogP contribution in [0.25, 0.3) is 0 Å². The number of hydrogen-bond donors (Lipinski definition) is 1. The third kappa shape index (κ3) is 4.46. The molecule has 2 aliphatic rings. The van der Waals surface area contributed by atoms with Crippen LogP contribution in [0.4, 0.5) is 0 Å². The number of aliphatic hydroxyl groups excluding tert-OH is 1. The summed E-state index contributed by atoms with van der Waals surface area (Å²) in [7, 11) is 0. The van der Waals surface area contributed by atoms with E-state index in [-0.39, 0.29) is 4.05 Å². The molecule has 1 aliphatic carbocycles. The molecule has 1 aromatic rings. The maximum Gasteiger partial charge on any atom is 0.131 e. The third-order valence-electron chi connectivity index (χ3n) is 5.15. The van der Waals surface area contributed by atoms with Crippen LogP contribution in [0.1, 0.15) is 28.7 Å². The summed E-state index contributed by atoms with van der Waals surface area (Å²) in [6.45, 7) is 7.15. The topological polar surface area (TPSA) is 41.8 Å². The first-order valence-electron chi connectivity index (χ1n) is 9.08. The van der Waals surface area contributed by atoms with E-state index in [9.17, 15) is 5.11 Å². The molecule has 0 spiro atoms. The van der Waals surface area contributed by atoms with Gasteiger partial charge < -0.3 is 9.84 Å². The summed E-state index contributed by atoms with van der Waals surface area (Å²) in [6.07, 6.45) is 13.7. The average molecular weight is 463 g/mol. The number of ether oxygens (including phenoxy) is 1. The Labute approximate surface area is 169 Å². The van der Waals surface area contributed by atoms with E-state index in [0.717, 1.165) is 24.3 Å². The van der Waals surface area contributed by atoms with Crippen LogP contribution in [0.5, 0.6) is 5.75 Å². The van der Waals surface area contributed by atoms with E-state index in [1.807, 2.05) is 12.2 Å². The highest BCUT2D eigenvalue weighted by atomic mass is 127. The van der Waals surface area contributed by atoms with Crippen molar-refractivity contribution in [2.45, 2.75) is 43.8 Å². The molecular weight excluding hydrogens is 437 g/mol. The van der Waals surface area contributed by atoms with Gasteiger partial charge in [0.25, 0.3) is 0 Å². The summed E-state index contributed by atoms with van der Waals surface area (Å²) in [5.41, 5.74) is 6.03. The van der Waals surface area contributed by atoms with E-state index in [1.165, 1.54) is 22.3 Å². The molecule has 3 rings (SSSR count). The van der Waals surface area contributed by atoms with E-state index in [1.54, 1.807) is 0 Å². The van der Waals surface area contributed by atoms with Crippen molar-refractivity contribution < 1.29 is 9.84 Å². The van der Waals surface area contributed by atoms with Gasteiger partial charge in [0.2, 0.25) is 0 Å². The smallest absolute Gasteiger partial charge is 0.131 e. The molecule has 0 bridgehead atoms. The second kappa shape index (κ2) is 8.53. The lowest BCUT2D eigenvalue weighted by molar-refractivity contribution is 0.225. The van der Waals surface area contributed by atoms with Crippen molar-refractivity contribution in [1.29, 1.82) is 0 Å². The van der Waals surface area contributed by atoms with Crippen LogP contribution in [-0.4, -0.2) is 27.6 Å². The van der Waals surface area contributed by atoms with E-state index in [2.05, 4.69) is 78.7 Å². The number of aryl methyl sites for hydroxylation is 1. The van der Waals surface area contributed by atoms with Gasteiger partial charge in [0.05, 0.1) is 6.61 Å². The zero-order valence-electron chi connectivity index (χ0n) is 15.6. The van der Waals surface area contributed by atoms with E-state index >= 15 is 0 Å². The van der Waals surface area contributed by atoms with E-state index in [4.69, 9.17) is 4.74 Å². The zero-order chi connectivity index (χ0) is 18.7. The molecule has 0 amide bonds. The fourth-order valence-corrected chi connectivity index (χ4v) is 3.94. The first kappa shape index (κ1) is 19.4. The molecule has 0 saturated heterocycles. The minimum absolute atomic E-state index is 0.102. The Morgan fingerprint density at radius 1 is 1.19 bits per heavy atom. The van der Waals surface area contributed by atoms with Crippen molar-refractivity contribution in [3.63, 3.8) is 0 Å². The fraction of sp³-hybridized carbons (Fsp3) is 0.409. The molecule has 0 radical (unpaired) electrons. The molecule has 4 heteroatoms. The Hall–Kier alpha value is -1.40. The number of halogens is 1. The maximum absolute atomic E-state index is 9.79. The van der Waals surface area contributed by atoms with Gasteiger partial charge in [-0.2, -0.15) is 0 Å². The van der Waals surface area contributed by atoms with Crippen LogP contribution in [-0.2, 0) is 6.42 Å². The molecule has 0 aromatic heterocycles. The Balaban J connectivity index is 1.75. The average Bonchev–Trinajstić information content (AvgIpc) is 2.64. The number of aliphatic imine (C=N–C) groups is 1. The Bertz CT molecular complexity index is 792. The van der Waals surface area contributed by atoms with Crippen molar-refractivity contribution in [3.8, 4) is 5.75 Å². The number of allylic oxidation sites excluding steroid dienone is 4. The number of aliphatic hydroxyl groups is 1. The van der Waals surface area contributed by atoms with Crippen molar-refractivity contribution in [2.24, 2.45) is 10.9 Å². The largest absolute Gasteiger partial charge is 0.493 e. The number of rotatable bonds is 5. The minimum Gasteiger partial charge on any atom is -0.493 e. The van der Waals surface area contributed by atoms with Gasteiger partial charge in [0, 0.05) is 18.1 Å². The van der Waals surface area contributed by atoms with Crippen LogP contribution in [0.15, 0.2) is 47.5 Å². The molecule has 26 heavy (non-hydrogen) atoms. The quantitative estimate of drug-likeness (QED) is 0.388. The molecule has 1 N–H and O–H groups in total. The van der Waals surface area contributed by atoms with E-state index in [0.29, 0.717) is 12.5 Å². The SMILES string of the molecule is Cc1cc(OCC2C=CC=CC2)c(C)c(C)c1CC1=NC(I)C(O)C=C1. The minimum atomic E-state index is -0.484. The number of alkyl halides is 1. The summed E-state index contributed by atoms with van der Waals surface area (Å²) in [5, 5.41) is 9.79. The lowest BCUT2D eigenvalue weighted by Gasteiger charge is -2.21. The van der Waals surface area contributed by atoms with Crippen LogP contribution in [0, 0.1) is 26.7 Å². The normalized spacial score (nSPS) is 24.7. The maximum atomic E-state index is 9.79. The van der Waals surface area contributed by atoms with Crippen LogP contribution < -0.4 is 4.74 Å². The standard InChI is InChI=1S/C22H26INO2/c1-14-11-21(26-13-17-7-5-4-6-8-17)16(3)15(2)19(14)12-18-9-10-20(25)22(23)24-18/h4-7,9-11,17,20,22,25H,8,12-13H2,1-3H3. The highest BCUT2D eigenvalue weighted by Gasteiger charge is 2.19. The fourth-order valence-electron chi connectivity index (χ4n) is 3.34. The van der Waals surface area contributed by atoms with Crippen molar-refractivity contribution >= 4 is 28.3 Å². The first-order valence-corrected chi connectivity index (χ1v) is 10.3. The number of nitrogens with zero attached hydrogens (tertiary/aromatic N) is 1. The van der Waals surface area contributed by atoms with E-state index < -0.39 is 6.10 Å². The zero-order valence-corrected chi connectivity index (χ0v) is 17.7. The first-order chi connectivity index (χ1) is 12.5. The Morgan fingerprint density at radius 3 is 2.69 bits per heavy atom. The van der Waals surface area contributed by atoms with Gasteiger partial charge in [-0.15, -0.1) is 0 Å². The van der Waals surface area contributed by atoms with Crippen molar-refractivity contribution in [2.75, 3.05) is 6.61 Å². The van der Waals surface area contributed by atoms with Crippen LogP contribution >= 0.6 is 22.6 Å². The van der Waals surface area contributed by atoms with Crippen LogP contribution in [0.2, 0.25) is 0 Å². The molecule has 0 fully saturated rings. The molecule has 3 unspecified atom stereocenters. The van der Waals surface area contributed by atoms with Gasteiger partial charge in [-0.25, -0.2) is 0 Å². The molecule has 138 valence electrons. The Kier molecular flexibility index (Phi) is 6.35. The number of benzene rings is 1. The summed E-state index contributed by atoms with van der Waals surface area (Å²) < 4.78 is 6.05. The monoisotopic (exact) mass is 463 g/mol. The van der Waals surface area contributed by atoms with Gasteiger partial charge in [0.15, 0.2) is 0 Å². The van der Waals surface area contributed by atoms with Crippen molar-refractivity contribution in [3.05, 3.63) is 64.8 Å². The highest BCUT2D eigenvalue weighted by Crippen LogP contribution is 2.30. The highest BCUT2D eigenvalue weighted by molar-refractivity contribution is 14.1. The second-order valence-corrected chi connectivity index (χ2v) is 8.34. The predicted molar refractivity (Wildman–Crippen MR) is 117 cm³/mol. The summed E-state index contributed by atoms with van der Waals surface area (Å²) >= 11 is 2.18. The third-order valence-corrected chi connectivity index (χ3v) is 6.16. The predicted octanol–water partition coefficient (Wildman–Crippen LogP) is 4.80. The number of hydrogen-bond acceptors (Lipinski definition) is 3. The van der Waals surface area contributed by atoms with Crippen LogP contribution in [0.3, 0.4) is 0 Å². The van der Waals surface area contributed by atoms with Gasteiger partial charge in [-0.1, -0.05) is 53.0 Å². The molecule has 0 saturated carbocycles. The summed E-state index contributed by atoms with van der Waals surface area (Å²) in [5.74, 6) is 1.43. The summed E-state index contributed by atoms with van der Waals surface area (Å²) in [4.78, 5) is 4.61. The van der Waals surface area contributed by atoms with Gasteiger partial charge in [0.1, 0.15) is 15.9 Å². The van der Waals surface area contributed by atoms with Gasteiger partial charge >= 0.3 is 0 Å². The molecule has 3 nitrogen and oxygen atoms in total.